The molecule has 1 atom stereocenters. The first kappa shape index (κ1) is 23.5. The lowest BCUT2D eigenvalue weighted by molar-refractivity contribution is -0.119. The predicted octanol–water partition coefficient (Wildman–Crippen LogP) is 2.90. The van der Waals surface area contributed by atoms with Crippen molar-refractivity contribution in [2.45, 2.75) is 70.8 Å². The van der Waals surface area contributed by atoms with E-state index >= 15 is 0 Å². The number of piperidine rings is 1. The van der Waals surface area contributed by atoms with E-state index in [1.54, 1.807) is 0 Å². The number of nitrogens with two attached hydrogens (primary N) is 1. The van der Waals surface area contributed by atoms with E-state index in [1.807, 2.05) is 0 Å². The highest BCUT2D eigenvalue weighted by atomic mass is 127. The molecule has 0 aromatic heterocycles. The fraction of sp³-hybridized carbons (Fsp3) is 0.895. The zero-order valence-electron chi connectivity index (χ0n) is 16.3. The van der Waals surface area contributed by atoms with E-state index in [1.165, 1.54) is 32.1 Å². The Morgan fingerprint density at radius 3 is 2.69 bits per heavy atom. The molecule has 1 unspecified atom stereocenters. The molecule has 2 rings (SSSR count). The number of hydrogen-bond donors (Lipinski definition) is 2. The Bertz CT molecular complexity index is 428. The first-order valence-electron chi connectivity index (χ1n) is 10.1. The molecule has 1 saturated heterocycles. The molecular formula is C19H37IN4O2. The van der Waals surface area contributed by atoms with Gasteiger partial charge < -0.3 is 20.7 Å². The van der Waals surface area contributed by atoms with Crippen LogP contribution < -0.4 is 11.1 Å². The molecular weight excluding hydrogens is 443 g/mol. The standard InChI is InChI=1S/C19H36N4O2.HI/c1-2-21-19(23-12-6-8-16(15-23)14-18(20)24)22-11-7-13-25-17-9-4-3-5-10-17;/h16-17H,2-15H2,1H3,(H2,20,24)(H,21,22);1H. The lowest BCUT2D eigenvalue weighted by Crippen LogP contribution is -2.47. The second-order valence-corrected chi connectivity index (χ2v) is 7.34. The highest BCUT2D eigenvalue weighted by Crippen LogP contribution is 2.21. The van der Waals surface area contributed by atoms with Gasteiger partial charge in [0.25, 0.3) is 0 Å². The maximum absolute atomic E-state index is 11.2. The van der Waals surface area contributed by atoms with Crippen molar-refractivity contribution in [2.75, 3.05) is 32.8 Å². The average Bonchev–Trinajstić information content (AvgIpc) is 2.61. The number of ether oxygens (including phenoxy) is 1. The summed E-state index contributed by atoms with van der Waals surface area (Å²) in [5, 5.41) is 3.39. The molecule has 1 saturated carbocycles. The predicted molar refractivity (Wildman–Crippen MR) is 117 cm³/mol. The molecule has 0 radical (unpaired) electrons. The monoisotopic (exact) mass is 480 g/mol. The minimum absolute atomic E-state index is 0. The van der Waals surface area contributed by atoms with Crippen LogP contribution in [-0.2, 0) is 9.53 Å². The Labute approximate surface area is 175 Å². The molecule has 1 aliphatic heterocycles. The Hall–Kier alpha value is -0.570. The van der Waals surface area contributed by atoms with Crippen LogP contribution in [0.5, 0.6) is 0 Å². The minimum atomic E-state index is -0.200. The van der Waals surface area contributed by atoms with E-state index in [9.17, 15) is 4.79 Å². The number of primary amides is 1. The Morgan fingerprint density at radius 2 is 2.00 bits per heavy atom. The second kappa shape index (κ2) is 13.6. The first-order valence-corrected chi connectivity index (χ1v) is 10.1. The topological polar surface area (TPSA) is 80.0 Å². The summed E-state index contributed by atoms with van der Waals surface area (Å²) < 4.78 is 5.98. The number of likely N-dealkylation sites (tertiary alicyclic amines) is 1. The zero-order chi connectivity index (χ0) is 17.9. The third kappa shape index (κ3) is 8.88. The van der Waals surface area contributed by atoms with E-state index in [-0.39, 0.29) is 29.9 Å². The molecule has 0 bridgehead atoms. The molecule has 0 spiro atoms. The Balaban J connectivity index is 0.00000338. The van der Waals surface area contributed by atoms with Crippen LogP contribution in [0.3, 0.4) is 0 Å². The van der Waals surface area contributed by atoms with Gasteiger partial charge >= 0.3 is 0 Å². The van der Waals surface area contributed by atoms with Gasteiger partial charge in [0.2, 0.25) is 5.91 Å². The van der Waals surface area contributed by atoms with Crippen molar-refractivity contribution >= 4 is 35.8 Å². The summed E-state index contributed by atoms with van der Waals surface area (Å²) in [5.74, 6) is 1.12. The highest BCUT2D eigenvalue weighted by molar-refractivity contribution is 14.0. The average molecular weight is 480 g/mol. The van der Waals surface area contributed by atoms with Crippen LogP contribution in [0.1, 0.15) is 64.7 Å². The van der Waals surface area contributed by atoms with Crippen molar-refractivity contribution in [1.29, 1.82) is 0 Å². The molecule has 1 aliphatic carbocycles. The number of carbonyl (C=O) groups excluding carboxylic acids is 1. The number of nitrogens with zero attached hydrogens (tertiary/aromatic N) is 2. The molecule has 1 heterocycles. The Morgan fingerprint density at radius 1 is 1.23 bits per heavy atom. The summed E-state index contributed by atoms with van der Waals surface area (Å²) in [6.07, 6.45) is 10.5. The first-order chi connectivity index (χ1) is 12.2. The van der Waals surface area contributed by atoms with Crippen LogP contribution in [0.15, 0.2) is 4.99 Å². The highest BCUT2D eigenvalue weighted by Gasteiger charge is 2.23. The van der Waals surface area contributed by atoms with E-state index in [0.717, 1.165) is 58.0 Å². The van der Waals surface area contributed by atoms with Gasteiger partial charge in [-0.3, -0.25) is 9.79 Å². The normalized spacial score (nSPS) is 22.0. The number of halogens is 1. The zero-order valence-corrected chi connectivity index (χ0v) is 18.6. The van der Waals surface area contributed by atoms with Gasteiger partial charge in [0.05, 0.1) is 6.10 Å². The molecule has 0 aromatic rings. The van der Waals surface area contributed by atoms with Crippen LogP contribution in [0.2, 0.25) is 0 Å². The number of guanidine groups is 1. The Kier molecular flexibility index (Phi) is 12.3. The van der Waals surface area contributed by atoms with Gasteiger partial charge in [-0.15, -0.1) is 24.0 Å². The fourth-order valence-electron chi connectivity index (χ4n) is 3.87. The van der Waals surface area contributed by atoms with Crippen LogP contribution in [0.25, 0.3) is 0 Å². The van der Waals surface area contributed by atoms with E-state index < -0.39 is 0 Å². The summed E-state index contributed by atoms with van der Waals surface area (Å²) in [4.78, 5) is 18.2. The van der Waals surface area contributed by atoms with Gasteiger partial charge in [-0.25, -0.2) is 0 Å². The third-order valence-electron chi connectivity index (χ3n) is 5.11. The van der Waals surface area contributed by atoms with Gasteiger partial charge in [-0.05, 0) is 44.9 Å². The minimum Gasteiger partial charge on any atom is -0.378 e. The second-order valence-electron chi connectivity index (χ2n) is 7.34. The van der Waals surface area contributed by atoms with Gasteiger partial charge in [-0.2, -0.15) is 0 Å². The smallest absolute Gasteiger partial charge is 0.217 e. The number of carbonyl (C=O) groups is 1. The van der Waals surface area contributed by atoms with Crippen molar-refractivity contribution in [3.8, 4) is 0 Å². The number of amides is 1. The summed E-state index contributed by atoms with van der Waals surface area (Å²) >= 11 is 0. The van der Waals surface area contributed by atoms with Crippen molar-refractivity contribution in [1.82, 2.24) is 10.2 Å². The van der Waals surface area contributed by atoms with Crippen LogP contribution in [0.4, 0.5) is 0 Å². The van der Waals surface area contributed by atoms with E-state index in [4.69, 9.17) is 15.5 Å². The molecule has 2 fully saturated rings. The molecule has 7 heteroatoms. The summed E-state index contributed by atoms with van der Waals surface area (Å²) in [5.41, 5.74) is 5.36. The van der Waals surface area contributed by atoms with E-state index in [2.05, 4.69) is 17.1 Å². The van der Waals surface area contributed by atoms with Crippen molar-refractivity contribution in [2.24, 2.45) is 16.6 Å². The molecule has 152 valence electrons. The number of aliphatic imine (C=N–C) groups is 1. The molecule has 1 amide bonds. The number of nitrogens with one attached hydrogen (secondary N) is 1. The number of hydrogen-bond acceptors (Lipinski definition) is 3. The van der Waals surface area contributed by atoms with Crippen LogP contribution in [0, 0.1) is 5.92 Å². The van der Waals surface area contributed by atoms with Gasteiger partial charge in [0.15, 0.2) is 5.96 Å². The lowest BCUT2D eigenvalue weighted by Gasteiger charge is -2.34. The van der Waals surface area contributed by atoms with Crippen LogP contribution in [-0.4, -0.2) is 55.7 Å². The molecule has 26 heavy (non-hydrogen) atoms. The maximum Gasteiger partial charge on any atom is 0.217 e. The maximum atomic E-state index is 11.2. The van der Waals surface area contributed by atoms with Crippen molar-refractivity contribution in [3.05, 3.63) is 0 Å². The van der Waals surface area contributed by atoms with Crippen molar-refractivity contribution < 1.29 is 9.53 Å². The lowest BCUT2D eigenvalue weighted by atomic mass is 9.95. The van der Waals surface area contributed by atoms with Crippen LogP contribution >= 0.6 is 24.0 Å². The van der Waals surface area contributed by atoms with Gasteiger partial charge in [-0.1, -0.05) is 19.3 Å². The number of rotatable bonds is 8. The summed E-state index contributed by atoms with van der Waals surface area (Å²) in [6.45, 7) is 6.40. The summed E-state index contributed by atoms with van der Waals surface area (Å²) in [6, 6.07) is 0. The van der Waals surface area contributed by atoms with Gasteiger partial charge in [0, 0.05) is 39.2 Å². The van der Waals surface area contributed by atoms with Crippen molar-refractivity contribution in [3.63, 3.8) is 0 Å². The molecule has 6 nitrogen and oxygen atoms in total. The quantitative estimate of drug-likeness (QED) is 0.242. The summed E-state index contributed by atoms with van der Waals surface area (Å²) in [7, 11) is 0. The largest absolute Gasteiger partial charge is 0.378 e. The third-order valence-corrected chi connectivity index (χ3v) is 5.11. The van der Waals surface area contributed by atoms with Gasteiger partial charge in [0.1, 0.15) is 0 Å². The fourth-order valence-corrected chi connectivity index (χ4v) is 3.87. The van der Waals surface area contributed by atoms with E-state index in [0.29, 0.717) is 18.4 Å². The SMILES string of the molecule is CCNC(=NCCCOC1CCCCC1)N1CCCC(CC(N)=O)C1.I. The molecule has 2 aliphatic rings. The molecule has 0 aromatic carbocycles. The molecule has 3 N–H and O–H groups in total.